The minimum Gasteiger partial charge on any atom is -0.382 e. The standard InChI is InChI=1S/C15H24N2O3S/c1-19-7-8-20-11-12-4-3-5-13(10-12)17-15(18)14(16)6-9-21-2/h3-5,10,14H,6-9,11,16H2,1-2H3,(H,17,18)/t14-/m0/s1. The molecule has 6 heteroatoms. The van der Waals surface area contributed by atoms with E-state index in [1.54, 1.807) is 18.9 Å². The van der Waals surface area contributed by atoms with Gasteiger partial charge < -0.3 is 20.5 Å². The first-order chi connectivity index (χ1) is 10.2. The molecule has 0 saturated heterocycles. The summed E-state index contributed by atoms with van der Waals surface area (Å²) in [5.41, 5.74) is 7.58. The van der Waals surface area contributed by atoms with Crippen molar-refractivity contribution in [3.8, 4) is 0 Å². The molecule has 1 atom stereocenters. The quantitative estimate of drug-likeness (QED) is 0.645. The van der Waals surface area contributed by atoms with E-state index in [9.17, 15) is 4.79 Å². The second-order valence-corrected chi connectivity index (χ2v) is 5.61. The van der Waals surface area contributed by atoms with Crippen LogP contribution in [-0.2, 0) is 20.9 Å². The number of thioether (sulfide) groups is 1. The van der Waals surface area contributed by atoms with Crippen molar-refractivity contribution in [1.82, 2.24) is 0 Å². The predicted octanol–water partition coefficient (Wildman–Crippen LogP) is 1.87. The molecule has 0 bridgehead atoms. The molecule has 1 aromatic rings. The number of nitrogens with two attached hydrogens (primary N) is 1. The van der Waals surface area contributed by atoms with Gasteiger partial charge in [0.2, 0.25) is 5.91 Å². The third-order valence-electron chi connectivity index (χ3n) is 2.86. The number of hydrogen-bond acceptors (Lipinski definition) is 5. The fourth-order valence-electron chi connectivity index (χ4n) is 1.68. The molecule has 3 N–H and O–H groups in total. The lowest BCUT2D eigenvalue weighted by Gasteiger charge is -2.12. The van der Waals surface area contributed by atoms with Crippen LogP contribution in [0.25, 0.3) is 0 Å². The molecule has 0 unspecified atom stereocenters. The molecule has 0 spiro atoms. The van der Waals surface area contributed by atoms with Crippen molar-refractivity contribution in [2.24, 2.45) is 5.73 Å². The van der Waals surface area contributed by atoms with E-state index in [-0.39, 0.29) is 5.91 Å². The SMILES string of the molecule is COCCOCc1cccc(NC(=O)[C@@H](N)CCSC)c1. The maximum absolute atomic E-state index is 11.9. The maximum atomic E-state index is 11.9. The number of benzene rings is 1. The molecule has 0 aliphatic heterocycles. The van der Waals surface area contributed by atoms with Gasteiger partial charge in [0, 0.05) is 12.8 Å². The van der Waals surface area contributed by atoms with Crippen molar-refractivity contribution in [2.75, 3.05) is 37.6 Å². The highest BCUT2D eigenvalue weighted by molar-refractivity contribution is 7.98. The number of methoxy groups -OCH3 is 1. The van der Waals surface area contributed by atoms with Crippen LogP contribution in [-0.4, -0.2) is 44.3 Å². The molecule has 21 heavy (non-hydrogen) atoms. The first kappa shape index (κ1) is 18.0. The van der Waals surface area contributed by atoms with Crippen LogP contribution >= 0.6 is 11.8 Å². The number of rotatable bonds is 10. The second-order valence-electron chi connectivity index (χ2n) is 4.62. The zero-order valence-electron chi connectivity index (χ0n) is 12.6. The highest BCUT2D eigenvalue weighted by atomic mass is 32.2. The normalized spacial score (nSPS) is 12.1. The molecule has 0 aliphatic rings. The van der Waals surface area contributed by atoms with Crippen LogP contribution in [0, 0.1) is 0 Å². The predicted molar refractivity (Wildman–Crippen MR) is 87.6 cm³/mol. The van der Waals surface area contributed by atoms with Gasteiger partial charge >= 0.3 is 0 Å². The first-order valence-corrected chi connectivity index (χ1v) is 8.27. The highest BCUT2D eigenvalue weighted by Gasteiger charge is 2.12. The fourth-order valence-corrected chi connectivity index (χ4v) is 2.17. The minimum atomic E-state index is -0.473. The number of hydrogen-bond donors (Lipinski definition) is 2. The Bertz CT molecular complexity index is 429. The molecule has 118 valence electrons. The largest absolute Gasteiger partial charge is 0.382 e. The van der Waals surface area contributed by atoms with E-state index in [4.69, 9.17) is 15.2 Å². The van der Waals surface area contributed by atoms with Crippen LogP contribution in [0.15, 0.2) is 24.3 Å². The van der Waals surface area contributed by atoms with Crippen LogP contribution in [0.4, 0.5) is 5.69 Å². The topological polar surface area (TPSA) is 73.6 Å². The first-order valence-electron chi connectivity index (χ1n) is 6.88. The summed E-state index contributed by atoms with van der Waals surface area (Å²) in [4.78, 5) is 11.9. The number of nitrogens with one attached hydrogen (secondary N) is 1. The molecule has 1 amide bonds. The Kier molecular flexibility index (Phi) is 9.09. The van der Waals surface area contributed by atoms with E-state index in [1.165, 1.54) is 0 Å². The average molecular weight is 312 g/mol. The molecular weight excluding hydrogens is 288 g/mol. The molecule has 5 nitrogen and oxygen atoms in total. The van der Waals surface area contributed by atoms with Crippen molar-refractivity contribution >= 4 is 23.4 Å². The van der Waals surface area contributed by atoms with E-state index < -0.39 is 6.04 Å². The summed E-state index contributed by atoms with van der Waals surface area (Å²) < 4.78 is 10.4. The fraction of sp³-hybridized carbons (Fsp3) is 0.533. The van der Waals surface area contributed by atoms with Crippen LogP contribution < -0.4 is 11.1 Å². The van der Waals surface area contributed by atoms with Gasteiger partial charge in [0.05, 0.1) is 25.9 Å². The summed E-state index contributed by atoms with van der Waals surface area (Å²) in [5.74, 6) is 0.726. The number of anilines is 1. The van der Waals surface area contributed by atoms with Crippen molar-refractivity contribution < 1.29 is 14.3 Å². The molecule has 0 aromatic heterocycles. The molecule has 1 rings (SSSR count). The lowest BCUT2D eigenvalue weighted by atomic mass is 10.2. The molecule has 0 radical (unpaired) electrons. The Morgan fingerprint density at radius 1 is 1.43 bits per heavy atom. The van der Waals surface area contributed by atoms with Crippen molar-refractivity contribution in [3.05, 3.63) is 29.8 Å². The van der Waals surface area contributed by atoms with Crippen LogP contribution in [0.2, 0.25) is 0 Å². The van der Waals surface area contributed by atoms with Gasteiger partial charge in [-0.05, 0) is 36.1 Å². The number of carbonyl (C=O) groups excluding carboxylic acids is 1. The van der Waals surface area contributed by atoms with Crippen LogP contribution in [0.1, 0.15) is 12.0 Å². The van der Waals surface area contributed by atoms with Crippen molar-refractivity contribution in [3.63, 3.8) is 0 Å². The van der Waals surface area contributed by atoms with E-state index in [2.05, 4.69) is 5.32 Å². The average Bonchev–Trinajstić information content (AvgIpc) is 2.49. The molecule has 0 saturated carbocycles. The summed E-state index contributed by atoms with van der Waals surface area (Å²) in [7, 11) is 1.64. The lowest BCUT2D eigenvalue weighted by molar-refractivity contribution is -0.117. The summed E-state index contributed by atoms with van der Waals surface area (Å²) in [6.07, 6.45) is 2.67. The van der Waals surface area contributed by atoms with Gasteiger partial charge in [0.25, 0.3) is 0 Å². The summed E-state index contributed by atoms with van der Waals surface area (Å²) in [5, 5.41) is 2.84. The molecule has 0 fully saturated rings. The molecule has 0 aliphatic carbocycles. The minimum absolute atomic E-state index is 0.151. The summed E-state index contributed by atoms with van der Waals surface area (Å²) in [6, 6.07) is 7.11. The third kappa shape index (κ3) is 7.47. The zero-order valence-corrected chi connectivity index (χ0v) is 13.4. The van der Waals surface area contributed by atoms with E-state index in [0.717, 1.165) is 17.0 Å². The number of carbonyl (C=O) groups is 1. The lowest BCUT2D eigenvalue weighted by Crippen LogP contribution is -2.36. The van der Waals surface area contributed by atoms with Gasteiger partial charge in [-0.25, -0.2) is 0 Å². The van der Waals surface area contributed by atoms with E-state index in [1.807, 2.05) is 30.5 Å². The van der Waals surface area contributed by atoms with Gasteiger partial charge in [-0.15, -0.1) is 0 Å². The summed E-state index contributed by atoms with van der Waals surface area (Å²) in [6.45, 7) is 1.61. The van der Waals surface area contributed by atoms with Gasteiger partial charge in [-0.2, -0.15) is 11.8 Å². The molecule has 1 aromatic carbocycles. The van der Waals surface area contributed by atoms with Gasteiger partial charge in [0.1, 0.15) is 0 Å². The van der Waals surface area contributed by atoms with Crippen LogP contribution in [0.3, 0.4) is 0 Å². The maximum Gasteiger partial charge on any atom is 0.241 e. The Labute approximate surface area is 130 Å². The van der Waals surface area contributed by atoms with E-state index >= 15 is 0 Å². The van der Waals surface area contributed by atoms with Crippen molar-refractivity contribution in [1.29, 1.82) is 0 Å². The zero-order chi connectivity index (χ0) is 15.5. The monoisotopic (exact) mass is 312 g/mol. The Morgan fingerprint density at radius 3 is 2.95 bits per heavy atom. The van der Waals surface area contributed by atoms with Gasteiger partial charge in [-0.1, -0.05) is 12.1 Å². The Morgan fingerprint density at radius 2 is 2.24 bits per heavy atom. The number of ether oxygens (including phenoxy) is 2. The smallest absolute Gasteiger partial charge is 0.241 e. The second kappa shape index (κ2) is 10.6. The Hall–Kier alpha value is -1.08. The van der Waals surface area contributed by atoms with E-state index in [0.29, 0.717) is 26.2 Å². The highest BCUT2D eigenvalue weighted by Crippen LogP contribution is 2.12. The van der Waals surface area contributed by atoms with Gasteiger partial charge in [0.15, 0.2) is 0 Å². The van der Waals surface area contributed by atoms with Crippen molar-refractivity contribution in [2.45, 2.75) is 19.1 Å². The van der Waals surface area contributed by atoms with Gasteiger partial charge in [-0.3, -0.25) is 4.79 Å². The third-order valence-corrected chi connectivity index (χ3v) is 3.51. The summed E-state index contributed by atoms with van der Waals surface area (Å²) >= 11 is 1.68. The number of amides is 1. The molecule has 0 heterocycles. The van der Waals surface area contributed by atoms with Crippen LogP contribution in [0.5, 0.6) is 0 Å². The Balaban J connectivity index is 2.46. The molecular formula is C15H24N2O3S.